The quantitative estimate of drug-likeness (QED) is 0.750. The van der Waals surface area contributed by atoms with Gasteiger partial charge >= 0.3 is 6.18 Å². The third-order valence-corrected chi connectivity index (χ3v) is 4.93. The van der Waals surface area contributed by atoms with Gasteiger partial charge in [-0.2, -0.15) is 13.2 Å². The molecule has 1 aliphatic rings. The summed E-state index contributed by atoms with van der Waals surface area (Å²) in [5.74, 6) is 0.294. The zero-order valence-electron chi connectivity index (χ0n) is 14.5. The largest absolute Gasteiger partial charge is 0.416 e. The van der Waals surface area contributed by atoms with E-state index in [2.05, 4.69) is 12.1 Å². The maximum Gasteiger partial charge on any atom is 0.416 e. The minimum Gasteiger partial charge on any atom is -0.342 e. The van der Waals surface area contributed by atoms with Gasteiger partial charge in [0.2, 0.25) is 5.91 Å². The van der Waals surface area contributed by atoms with Crippen molar-refractivity contribution in [3.8, 4) is 0 Å². The minimum absolute atomic E-state index is 0.0208. The Kier molecular flexibility index (Phi) is 5.64. The number of likely N-dealkylation sites (tertiary alicyclic amines) is 1. The Morgan fingerprint density at radius 3 is 2.35 bits per heavy atom. The molecule has 1 aliphatic heterocycles. The SMILES string of the molecule is O=C(Cc1ccc(C(F)(F)F)cc1)N1CCCCC(c2ccccc2)C1. The van der Waals surface area contributed by atoms with Crippen molar-refractivity contribution in [2.45, 2.75) is 37.8 Å². The molecule has 1 unspecified atom stereocenters. The highest BCUT2D eigenvalue weighted by Gasteiger charge is 2.30. The number of halogens is 3. The first kappa shape index (κ1) is 18.5. The minimum atomic E-state index is -4.35. The first-order chi connectivity index (χ1) is 12.4. The maximum atomic E-state index is 12.7. The topological polar surface area (TPSA) is 20.3 Å². The van der Waals surface area contributed by atoms with Crippen molar-refractivity contribution >= 4 is 5.91 Å². The Morgan fingerprint density at radius 2 is 1.69 bits per heavy atom. The lowest BCUT2D eigenvalue weighted by atomic mass is 9.94. The van der Waals surface area contributed by atoms with Crippen LogP contribution >= 0.6 is 0 Å². The number of benzene rings is 2. The van der Waals surface area contributed by atoms with Crippen molar-refractivity contribution in [3.05, 3.63) is 71.3 Å². The number of hydrogen-bond donors (Lipinski definition) is 0. The molecular formula is C21H22F3NO. The van der Waals surface area contributed by atoms with Gasteiger partial charge in [-0.05, 0) is 36.1 Å². The summed E-state index contributed by atoms with van der Waals surface area (Å²) >= 11 is 0. The molecular weight excluding hydrogens is 339 g/mol. The first-order valence-corrected chi connectivity index (χ1v) is 8.92. The summed E-state index contributed by atoms with van der Waals surface area (Å²) in [5, 5.41) is 0. The van der Waals surface area contributed by atoms with Gasteiger partial charge < -0.3 is 4.90 Å². The normalized spacial score (nSPS) is 18.4. The highest BCUT2D eigenvalue weighted by Crippen LogP contribution is 2.30. The van der Waals surface area contributed by atoms with Crippen LogP contribution in [0.15, 0.2) is 54.6 Å². The van der Waals surface area contributed by atoms with E-state index in [9.17, 15) is 18.0 Å². The van der Waals surface area contributed by atoms with Crippen molar-refractivity contribution in [2.75, 3.05) is 13.1 Å². The molecule has 26 heavy (non-hydrogen) atoms. The van der Waals surface area contributed by atoms with Gasteiger partial charge in [-0.25, -0.2) is 0 Å². The standard InChI is InChI=1S/C21H22F3NO/c22-21(23,24)19-11-9-16(10-12-19)14-20(26)25-13-5-4-8-18(15-25)17-6-2-1-3-7-17/h1-3,6-7,9-12,18H,4-5,8,13-15H2. The Morgan fingerprint density at radius 1 is 1.00 bits per heavy atom. The van der Waals surface area contributed by atoms with E-state index in [4.69, 9.17) is 0 Å². The highest BCUT2D eigenvalue weighted by molar-refractivity contribution is 5.79. The molecule has 0 bridgehead atoms. The van der Waals surface area contributed by atoms with Crippen molar-refractivity contribution in [1.29, 1.82) is 0 Å². The van der Waals surface area contributed by atoms with Gasteiger partial charge in [0.25, 0.3) is 0 Å². The zero-order valence-corrected chi connectivity index (χ0v) is 14.5. The molecule has 5 heteroatoms. The molecule has 1 atom stereocenters. The third-order valence-electron chi connectivity index (χ3n) is 4.93. The van der Waals surface area contributed by atoms with Gasteiger partial charge in [0, 0.05) is 19.0 Å². The van der Waals surface area contributed by atoms with Crippen molar-refractivity contribution in [2.24, 2.45) is 0 Å². The highest BCUT2D eigenvalue weighted by atomic mass is 19.4. The molecule has 0 radical (unpaired) electrons. The number of amides is 1. The smallest absolute Gasteiger partial charge is 0.342 e. The molecule has 0 aliphatic carbocycles. The summed E-state index contributed by atoms with van der Waals surface area (Å²) in [4.78, 5) is 14.5. The van der Waals surface area contributed by atoms with Crippen LogP contribution in [-0.4, -0.2) is 23.9 Å². The van der Waals surface area contributed by atoms with Crippen molar-refractivity contribution in [1.82, 2.24) is 4.90 Å². The molecule has 1 saturated heterocycles. The van der Waals surface area contributed by atoms with Gasteiger partial charge in [-0.3, -0.25) is 4.79 Å². The monoisotopic (exact) mass is 361 g/mol. The van der Waals surface area contributed by atoms with Gasteiger partial charge in [0.1, 0.15) is 0 Å². The average Bonchev–Trinajstić information content (AvgIpc) is 2.88. The Labute approximate surface area is 151 Å². The second-order valence-electron chi connectivity index (χ2n) is 6.81. The van der Waals surface area contributed by atoms with Crippen LogP contribution in [0.1, 0.15) is 41.9 Å². The molecule has 3 rings (SSSR count). The Bertz CT molecular complexity index is 725. The lowest BCUT2D eigenvalue weighted by Crippen LogP contribution is -2.35. The summed E-state index contributed by atoms with van der Waals surface area (Å²) in [6.45, 7) is 1.38. The lowest BCUT2D eigenvalue weighted by molar-refractivity contribution is -0.137. The second kappa shape index (κ2) is 7.94. The summed E-state index contributed by atoms with van der Waals surface area (Å²) in [6, 6.07) is 15.1. The maximum absolute atomic E-state index is 12.7. The number of nitrogens with zero attached hydrogens (tertiary/aromatic N) is 1. The van der Waals surface area contributed by atoms with Gasteiger partial charge in [0.15, 0.2) is 0 Å². The molecule has 2 aromatic rings. The molecule has 0 saturated carbocycles. The van der Waals surface area contributed by atoms with E-state index in [1.165, 1.54) is 17.7 Å². The van der Waals surface area contributed by atoms with Crippen LogP contribution in [0.25, 0.3) is 0 Å². The van der Waals surface area contributed by atoms with Crippen LogP contribution < -0.4 is 0 Å². The fourth-order valence-electron chi connectivity index (χ4n) is 3.46. The van der Waals surface area contributed by atoms with Crippen LogP contribution in [0.3, 0.4) is 0 Å². The molecule has 1 heterocycles. The summed E-state index contributed by atoms with van der Waals surface area (Å²) in [7, 11) is 0. The fourth-order valence-corrected chi connectivity index (χ4v) is 3.46. The Hall–Kier alpha value is -2.30. The van der Waals surface area contributed by atoms with Crippen LogP contribution in [0, 0.1) is 0 Å². The van der Waals surface area contributed by atoms with Crippen molar-refractivity contribution < 1.29 is 18.0 Å². The Balaban J connectivity index is 1.66. The summed E-state index contributed by atoms with van der Waals surface area (Å²) < 4.78 is 37.9. The number of carbonyl (C=O) groups excluding carboxylic acids is 1. The number of carbonyl (C=O) groups is 1. The van der Waals surface area contributed by atoms with Gasteiger partial charge in [0.05, 0.1) is 12.0 Å². The predicted octanol–water partition coefficient (Wildman–Crippen LogP) is 5.04. The molecule has 0 spiro atoms. The van der Waals surface area contributed by atoms with E-state index in [0.29, 0.717) is 24.6 Å². The van der Waals surface area contributed by atoms with E-state index < -0.39 is 11.7 Å². The molecule has 0 aromatic heterocycles. The van der Waals surface area contributed by atoms with E-state index in [1.54, 1.807) is 0 Å². The summed E-state index contributed by atoms with van der Waals surface area (Å²) in [6.07, 6.45) is -1.13. The number of alkyl halides is 3. The van der Waals surface area contributed by atoms with E-state index in [-0.39, 0.29) is 12.3 Å². The lowest BCUT2D eigenvalue weighted by Gasteiger charge is -2.25. The average molecular weight is 361 g/mol. The molecule has 138 valence electrons. The fraction of sp³-hybridized carbons (Fsp3) is 0.381. The number of hydrogen-bond acceptors (Lipinski definition) is 1. The number of rotatable bonds is 3. The second-order valence-corrected chi connectivity index (χ2v) is 6.81. The van der Waals surface area contributed by atoms with Crippen LogP contribution in [0.5, 0.6) is 0 Å². The zero-order chi connectivity index (χ0) is 18.6. The van der Waals surface area contributed by atoms with E-state index in [0.717, 1.165) is 31.4 Å². The van der Waals surface area contributed by atoms with E-state index in [1.807, 2.05) is 23.1 Å². The third kappa shape index (κ3) is 4.65. The molecule has 1 amide bonds. The first-order valence-electron chi connectivity index (χ1n) is 8.92. The molecule has 0 N–H and O–H groups in total. The molecule has 2 aromatic carbocycles. The van der Waals surface area contributed by atoms with Gasteiger partial charge in [-0.15, -0.1) is 0 Å². The molecule has 2 nitrogen and oxygen atoms in total. The molecule has 1 fully saturated rings. The van der Waals surface area contributed by atoms with Crippen LogP contribution in [-0.2, 0) is 17.4 Å². The van der Waals surface area contributed by atoms with Crippen molar-refractivity contribution in [3.63, 3.8) is 0 Å². The summed E-state index contributed by atoms with van der Waals surface area (Å²) in [5.41, 5.74) is 1.16. The van der Waals surface area contributed by atoms with Crippen LogP contribution in [0.2, 0.25) is 0 Å². The predicted molar refractivity (Wildman–Crippen MR) is 94.8 cm³/mol. The van der Waals surface area contributed by atoms with E-state index >= 15 is 0 Å². The van der Waals surface area contributed by atoms with Crippen LogP contribution in [0.4, 0.5) is 13.2 Å². The van der Waals surface area contributed by atoms with Gasteiger partial charge in [-0.1, -0.05) is 48.9 Å².